The van der Waals surface area contributed by atoms with Crippen LogP contribution in [0.4, 0.5) is 0 Å². The van der Waals surface area contributed by atoms with Gasteiger partial charge in [-0.15, -0.1) is 11.3 Å². The fourth-order valence-corrected chi connectivity index (χ4v) is 5.47. The molecule has 2 N–H and O–H groups in total. The molecule has 1 aliphatic heterocycles. The van der Waals surface area contributed by atoms with E-state index in [1.807, 2.05) is 65.6 Å². The van der Waals surface area contributed by atoms with Gasteiger partial charge in [0.25, 0.3) is 11.8 Å². The van der Waals surface area contributed by atoms with Gasteiger partial charge in [-0.3, -0.25) is 25.2 Å². The van der Waals surface area contributed by atoms with Gasteiger partial charge in [-0.25, -0.2) is 4.98 Å². The number of hydrogen-bond acceptors (Lipinski definition) is 7. The number of hydrazine groups is 1. The Kier molecular flexibility index (Phi) is 7.60. The minimum Gasteiger partial charge on any atom is -0.360 e. The van der Waals surface area contributed by atoms with E-state index in [1.54, 1.807) is 12.3 Å². The molecule has 0 aliphatic carbocycles. The number of hydrogen-bond donors (Lipinski definition) is 2. The molecular formula is C28H27N5O4S. The number of likely N-dealkylation sites (tertiary alicyclic amines) is 1. The Morgan fingerprint density at radius 3 is 2.39 bits per heavy atom. The van der Waals surface area contributed by atoms with Crippen molar-refractivity contribution in [1.29, 1.82) is 0 Å². The third kappa shape index (κ3) is 5.65. The van der Waals surface area contributed by atoms with Crippen molar-refractivity contribution in [3.05, 3.63) is 93.6 Å². The van der Waals surface area contributed by atoms with Crippen LogP contribution in [-0.2, 0) is 11.2 Å². The maximum atomic E-state index is 13.4. The van der Waals surface area contributed by atoms with Crippen molar-refractivity contribution >= 4 is 29.1 Å². The van der Waals surface area contributed by atoms with E-state index in [1.165, 1.54) is 11.3 Å². The van der Waals surface area contributed by atoms with E-state index in [0.717, 1.165) is 29.0 Å². The number of aromatic nitrogens is 2. The average molecular weight is 530 g/mol. The number of carbonyl (C=O) groups is 3. The summed E-state index contributed by atoms with van der Waals surface area (Å²) < 4.78 is 5.37. The topological polar surface area (TPSA) is 117 Å². The van der Waals surface area contributed by atoms with E-state index >= 15 is 0 Å². The van der Waals surface area contributed by atoms with Crippen LogP contribution in [0.2, 0.25) is 0 Å². The van der Waals surface area contributed by atoms with Gasteiger partial charge in [-0.1, -0.05) is 65.8 Å². The Labute approximate surface area is 223 Å². The van der Waals surface area contributed by atoms with Gasteiger partial charge in [-0.2, -0.15) is 0 Å². The van der Waals surface area contributed by atoms with Gasteiger partial charge < -0.3 is 9.42 Å². The van der Waals surface area contributed by atoms with Gasteiger partial charge in [0.15, 0.2) is 0 Å². The number of rotatable bonds is 6. The van der Waals surface area contributed by atoms with Gasteiger partial charge >= 0.3 is 0 Å². The maximum absolute atomic E-state index is 13.4. The molecule has 5 rings (SSSR count). The van der Waals surface area contributed by atoms with Crippen molar-refractivity contribution in [1.82, 2.24) is 25.9 Å². The average Bonchev–Trinajstić information content (AvgIpc) is 3.60. The molecule has 0 unspecified atom stereocenters. The Balaban J connectivity index is 1.15. The molecule has 0 spiro atoms. The SMILES string of the molecule is Cc1onc(-c2ccccc2)c1C(=O)N1CCC(c2nc(C(=O)NNC(=O)Cc3ccccc3)cs2)CC1. The van der Waals surface area contributed by atoms with E-state index in [4.69, 9.17) is 4.52 Å². The first-order valence-corrected chi connectivity index (χ1v) is 13.3. The molecule has 0 saturated carbocycles. The molecule has 0 bridgehead atoms. The highest BCUT2D eigenvalue weighted by Crippen LogP contribution is 2.32. The van der Waals surface area contributed by atoms with Crippen LogP contribution < -0.4 is 10.9 Å². The highest BCUT2D eigenvalue weighted by atomic mass is 32.1. The lowest BCUT2D eigenvalue weighted by Gasteiger charge is -2.31. The number of aryl methyl sites for hydroxylation is 1. The smallest absolute Gasteiger partial charge is 0.289 e. The van der Waals surface area contributed by atoms with Crippen LogP contribution in [0.25, 0.3) is 11.3 Å². The van der Waals surface area contributed by atoms with Crippen molar-refractivity contribution in [2.75, 3.05) is 13.1 Å². The molecule has 2 aromatic carbocycles. The first-order chi connectivity index (χ1) is 18.5. The summed E-state index contributed by atoms with van der Waals surface area (Å²) in [6, 6.07) is 18.8. The van der Waals surface area contributed by atoms with E-state index in [0.29, 0.717) is 30.1 Å². The lowest BCUT2D eigenvalue weighted by Crippen LogP contribution is -2.42. The lowest BCUT2D eigenvalue weighted by atomic mass is 9.96. The molecule has 1 saturated heterocycles. The molecule has 2 aromatic heterocycles. The summed E-state index contributed by atoms with van der Waals surface area (Å²) in [7, 11) is 0. The minimum absolute atomic E-state index is 0.0912. The fraction of sp³-hybridized carbons (Fsp3) is 0.250. The number of nitrogens with zero attached hydrogens (tertiary/aromatic N) is 3. The maximum Gasteiger partial charge on any atom is 0.289 e. The molecule has 0 radical (unpaired) electrons. The van der Waals surface area contributed by atoms with Crippen molar-refractivity contribution in [3.63, 3.8) is 0 Å². The molecule has 10 heteroatoms. The van der Waals surface area contributed by atoms with Crippen molar-refractivity contribution in [3.8, 4) is 11.3 Å². The van der Waals surface area contributed by atoms with Crippen LogP contribution in [0.3, 0.4) is 0 Å². The fourth-order valence-electron chi connectivity index (χ4n) is 4.50. The zero-order valence-corrected chi connectivity index (χ0v) is 21.7. The molecule has 194 valence electrons. The molecule has 1 aliphatic rings. The molecule has 1 fully saturated rings. The van der Waals surface area contributed by atoms with Crippen LogP contribution in [0.5, 0.6) is 0 Å². The second-order valence-electron chi connectivity index (χ2n) is 9.13. The number of benzene rings is 2. The number of nitrogens with one attached hydrogen (secondary N) is 2. The van der Waals surface area contributed by atoms with E-state index in [9.17, 15) is 14.4 Å². The third-order valence-corrected chi connectivity index (χ3v) is 7.54. The Bertz CT molecular complexity index is 1430. The van der Waals surface area contributed by atoms with Crippen LogP contribution in [0.15, 0.2) is 70.6 Å². The van der Waals surface area contributed by atoms with Gasteiger partial charge in [0, 0.05) is 30.0 Å². The number of thiazole rings is 1. The predicted octanol–water partition coefficient (Wildman–Crippen LogP) is 4.13. The lowest BCUT2D eigenvalue weighted by molar-refractivity contribution is -0.121. The van der Waals surface area contributed by atoms with E-state index in [2.05, 4.69) is 21.0 Å². The van der Waals surface area contributed by atoms with E-state index in [-0.39, 0.29) is 29.8 Å². The molecule has 9 nitrogen and oxygen atoms in total. The van der Waals surface area contributed by atoms with Crippen LogP contribution in [0, 0.1) is 6.92 Å². The van der Waals surface area contributed by atoms with Gasteiger partial charge in [0.05, 0.1) is 11.4 Å². The molecule has 3 amide bonds. The van der Waals surface area contributed by atoms with Crippen molar-refractivity contribution < 1.29 is 18.9 Å². The molecule has 0 atom stereocenters. The third-order valence-electron chi connectivity index (χ3n) is 6.53. The second kappa shape index (κ2) is 11.4. The predicted molar refractivity (Wildman–Crippen MR) is 142 cm³/mol. The van der Waals surface area contributed by atoms with Crippen LogP contribution >= 0.6 is 11.3 Å². The van der Waals surface area contributed by atoms with E-state index < -0.39 is 5.91 Å². The summed E-state index contributed by atoms with van der Waals surface area (Å²) in [6.45, 7) is 2.89. The number of piperidine rings is 1. The number of carbonyl (C=O) groups excluding carboxylic acids is 3. The first kappa shape index (κ1) is 25.3. The molecule has 3 heterocycles. The van der Waals surface area contributed by atoms with Gasteiger partial charge in [-0.05, 0) is 25.3 Å². The highest BCUT2D eigenvalue weighted by Gasteiger charge is 2.31. The van der Waals surface area contributed by atoms with Crippen LogP contribution in [0.1, 0.15) is 55.9 Å². The molecule has 4 aromatic rings. The summed E-state index contributed by atoms with van der Waals surface area (Å²) in [4.78, 5) is 44.3. The summed E-state index contributed by atoms with van der Waals surface area (Å²) in [6.07, 6.45) is 1.64. The normalized spacial score (nSPS) is 13.8. The Hall–Kier alpha value is -4.31. The summed E-state index contributed by atoms with van der Waals surface area (Å²) in [5, 5.41) is 6.68. The zero-order chi connectivity index (χ0) is 26.5. The first-order valence-electron chi connectivity index (χ1n) is 12.4. The highest BCUT2D eigenvalue weighted by molar-refractivity contribution is 7.09. The van der Waals surface area contributed by atoms with Gasteiger partial charge in [0.2, 0.25) is 5.91 Å². The van der Waals surface area contributed by atoms with Crippen molar-refractivity contribution in [2.45, 2.75) is 32.1 Å². The standard InChI is InChI=1S/C28H27N5O4S/c1-18-24(25(32-37-18)20-10-6-3-7-11-20)28(36)33-14-12-21(13-15-33)27-29-22(17-38-27)26(35)31-30-23(34)16-19-8-4-2-5-9-19/h2-11,17,21H,12-16H2,1H3,(H,30,34)(H,31,35). The zero-order valence-electron chi connectivity index (χ0n) is 20.8. The molecule has 38 heavy (non-hydrogen) atoms. The van der Waals surface area contributed by atoms with Gasteiger partial charge in [0.1, 0.15) is 22.7 Å². The summed E-state index contributed by atoms with van der Waals surface area (Å²) >= 11 is 1.42. The van der Waals surface area contributed by atoms with Crippen molar-refractivity contribution in [2.24, 2.45) is 0 Å². The largest absolute Gasteiger partial charge is 0.360 e. The quantitative estimate of drug-likeness (QED) is 0.363. The van der Waals surface area contributed by atoms with Crippen LogP contribution in [-0.4, -0.2) is 45.9 Å². The second-order valence-corrected chi connectivity index (χ2v) is 10.0. The summed E-state index contributed by atoms with van der Waals surface area (Å²) in [5.41, 5.74) is 7.89. The molecular weight excluding hydrogens is 502 g/mol. The monoisotopic (exact) mass is 529 g/mol. The summed E-state index contributed by atoms with van der Waals surface area (Å²) in [5.74, 6) is -0.210. The minimum atomic E-state index is -0.460. The number of amides is 3. The Morgan fingerprint density at radius 1 is 1.00 bits per heavy atom. The Morgan fingerprint density at radius 2 is 1.68 bits per heavy atom.